The van der Waals surface area contributed by atoms with E-state index in [1.165, 1.54) is 0 Å². The fourth-order valence-corrected chi connectivity index (χ4v) is 1.29. The number of aryl methyl sites for hydroxylation is 1. The van der Waals surface area contributed by atoms with Crippen LogP contribution in [-0.4, -0.2) is 56.5 Å². The fourth-order valence-electron chi connectivity index (χ4n) is 1.29. The molecule has 1 aromatic rings. The molecule has 0 aliphatic rings. The van der Waals surface area contributed by atoms with Gasteiger partial charge >= 0.3 is 0 Å². The van der Waals surface area contributed by atoms with Crippen LogP contribution in [0.15, 0.2) is 18.2 Å². The summed E-state index contributed by atoms with van der Waals surface area (Å²) in [4.78, 5) is 0. The zero-order valence-corrected chi connectivity index (χ0v) is 12.1. The second-order valence-electron chi connectivity index (χ2n) is 3.37. The molecule has 0 amide bonds. The second kappa shape index (κ2) is 6.20. The summed E-state index contributed by atoms with van der Waals surface area (Å²) in [6, 6.07) is 5.88. The smallest absolute Gasteiger partial charge is 0.119 e. The Morgan fingerprint density at radius 2 is 2.00 bits per heavy atom. The third-order valence-corrected chi connectivity index (χ3v) is 2.33. The molecule has 0 saturated heterocycles. The Morgan fingerprint density at radius 3 is 2.46 bits per heavy atom. The summed E-state index contributed by atoms with van der Waals surface area (Å²) in [6.07, 6.45) is 1.07. The summed E-state index contributed by atoms with van der Waals surface area (Å²) in [6.45, 7) is 6.24. The van der Waals surface area contributed by atoms with Gasteiger partial charge in [-0.25, -0.2) is 0 Å². The van der Waals surface area contributed by atoms with E-state index in [0.717, 1.165) is 17.5 Å². The van der Waals surface area contributed by atoms with Gasteiger partial charge in [-0.2, -0.15) is 0 Å². The second-order valence-corrected chi connectivity index (χ2v) is 3.37. The zero-order chi connectivity index (χ0) is 9.14. The average molecular weight is 203 g/mol. The van der Waals surface area contributed by atoms with Crippen molar-refractivity contribution in [3.8, 4) is 5.75 Å². The molecule has 1 nitrogen and oxygen atoms in total. The molecule has 0 aromatic heterocycles. The van der Waals surface area contributed by atoms with Crippen molar-refractivity contribution in [3.63, 3.8) is 0 Å². The molecule has 0 saturated carbocycles. The van der Waals surface area contributed by atoms with Crippen molar-refractivity contribution in [2.24, 2.45) is 0 Å². The van der Waals surface area contributed by atoms with E-state index >= 15 is 0 Å². The standard InChI is InChI=1S/C11H16O.K/c1-4-9(3)10-6-5-8(2)7-11(10)12;/h5-7,9,12H,4H2,1-3H3;. The van der Waals surface area contributed by atoms with E-state index in [1.54, 1.807) is 0 Å². The Hall–Kier alpha value is 0.656. The minimum absolute atomic E-state index is 0. The Morgan fingerprint density at radius 1 is 1.38 bits per heavy atom. The summed E-state index contributed by atoms with van der Waals surface area (Å²) >= 11 is 0. The van der Waals surface area contributed by atoms with E-state index in [4.69, 9.17) is 0 Å². The summed E-state index contributed by atoms with van der Waals surface area (Å²) in [7, 11) is 0. The van der Waals surface area contributed by atoms with Gasteiger partial charge in [-0.1, -0.05) is 26.0 Å². The molecule has 1 atom stereocenters. The molecule has 1 unspecified atom stereocenters. The molecule has 0 heterocycles. The Kier molecular flexibility index (Phi) is 6.51. The van der Waals surface area contributed by atoms with Crippen LogP contribution in [0.2, 0.25) is 0 Å². The van der Waals surface area contributed by atoms with E-state index in [1.807, 2.05) is 25.1 Å². The van der Waals surface area contributed by atoms with Gasteiger partial charge in [-0.15, -0.1) is 0 Å². The molecule has 0 spiro atoms. The van der Waals surface area contributed by atoms with Crippen LogP contribution >= 0.6 is 0 Å². The van der Waals surface area contributed by atoms with Crippen LogP contribution < -0.4 is 0 Å². The molecule has 0 aliphatic carbocycles. The van der Waals surface area contributed by atoms with Crippen LogP contribution in [0.3, 0.4) is 0 Å². The van der Waals surface area contributed by atoms with Crippen LogP contribution in [0.5, 0.6) is 5.75 Å². The van der Waals surface area contributed by atoms with Gasteiger partial charge < -0.3 is 5.11 Å². The first kappa shape index (κ1) is 13.7. The van der Waals surface area contributed by atoms with E-state index in [9.17, 15) is 5.11 Å². The zero-order valence-electron chi connectivity index (χ0n) is 8.96. The van der Waals surface area contributed by atoms with Gasteiger partial charge in [0.15, 0.2) is 0 Å². The first-order valence-electron chi connectivity index (χ1n) is 4.44. The Bertz CT molecular complexity index is 271. The largest absolute Gasteiger partial charge is 0.508 e. The number of phenols is 1. The summed E-state index contributed by atoms with van der Waals surface area (Å²) in [5, 5.41) is 9.59. The van der Waals surface area contributed by atoms with Crippen molar-refractivity contribution in [1.29, 1.82) is 0 Å². The number of rotatable bonds is 2. The van der Waals surface area contributed by atoms with Gasteiger partial charge in [0.05, 0.1) is 0 Å². The normalized spacial score (nSPS) is 11.9. The molecular weight excluding hydrogens is 187 g/mol. The average Bonchev–Trinajstić information content (AvgIpc) is 2.03. The minimum Gasteiger partial charge on any atom is -0.508 e. The maximum absolute atomic E-state index is 9.59. The van der Waals surface area contributed by atoms with E-state index in [2.05, 4.69) is 13.8 Å². The molecule has 0 fully saturated rings. The minimum atomic E-state index is 0. The third-order valence-electron chi connectivity index (χ3n) is 2.33. The molecule has 2 heteroatoms. The van der Waals surface area contributed by atoms with Crippen LogP contribution in [0.25, 0.3) is 0 Å². The maximum atomic E-state index is 9.59. The number of hydrogen-bond acceptors (Lipinski definition) is 1. The molecule has 1 rings (SSSR count). The number of benzene rings is 1. The van der Waals surface area contributed by atoms with E-state index in [-0.39, 0.29) is 51.4 Å². The molecule has 0 aliphatic heterocycles. The van der Waals surface area contributed by atoms with Crippen LogP contribution in [-0.2, 0) is 0 Å². The molecule has 1 N–H and O–H groups in total. The molecule has 0 bridgehead atoms. The molecule has 13 heavy (non-hydrogen) atoms. The van der Waals surface area contributed by atoms with Crippen molar-refractivity contribution >= 4 is 51.4 Å². The van der Waals surface area contributed by atoms with Gasteiger partial charge in [0.2, 0.25) is 0 Å². The van der Waals surface area contributed by atoms with Gasteiger partial charge in [-0.05, 0) is 36.5 Å². The summed E-state index contributed by atoms with van der Waals surface area (Å²) in [5.41, 5.74) is 2.17. The van der Waals surface area contributed by atoms with Crippen LogP contribution in [0.4, 0.5) is 0 Å². The van der Waals surface area contributed by atoms with Crippen LogP contribution in [0, 0.1) is 6.92 Å². The number of hydrogen-bond donors (Lipinski definition) is 1. The first-order chi connectivity index (χ1) is 5.65. The number of aromatic hydroxyl groups is 1. The molecule has 67 valence electrons. The monoisotopic (exact) mass is 203 g/mol. The van der Waals surface area contributed by atoms with Crippen molar-refractivity contribution in [3.05, 3.63) is 29.3 Å². The predicted molar refractivity (Wildman–Crippen MR) is 57.3 cm³/mol. The van der Waals surface area contributed by atoms with Crippen LogP contribution in [0.1, 0.15) is 37.3 Å². The first-order valence-corrected chi connectivity index (χ1v) is 4.44. The van der Waals surface area contributed by atoms with E-state index in [0.29, 0.717) is 11.7 Å². The van der Waals surface area contributed by atoms with Gasteiger partial charge in [0.1, 0.15) is 5.75 Å². The van der Waals surface area contributed by atoms with Crippen molar-refractivity contribution in [2.45, 2.75) is 33.1 Å². The molecule has 1 aromatic carbocycles. The van der Waals surface area contributed by atoms with Gasteiger partial charge in [0, 0.05) is 51.4 Å². The quantitative estimate of drug-likeness (QED) is 0.733. The van der Waals surface area contributed by atoms with Crippen molar-refractivity contribution in [2.75, 3.05) is 0 Å². The summed E-state index contributed by atoms with van der Waals surface area (Å²) in [5.74, 6) is 0.884. The van der Waals surface area contributed by atoms with Crippen molar-refractivity contribution in [1.82, 2.24) is 0 Å². The van der Waals surface area contributed by atoms with Gasteiger partial charge in [0.25, 0.3) is 0 Å². The Labute approximate surface area is 123 Å². The topological polar surface area (TPSA) is 20.2 Å². The van der Waals surface area contributed by atoms with E-state index < -0.39 is 0 Å². The molecule has 1 radical (unpaired) electrons. The van der Waals surface area contributed by atoms with Gasteiger partial charge in [-0.3, -0.25) is 0 Å². The maximum Gasteiger partial charge on any atom is 0.119 e. The fraction of sp³-hybridized carbons (Fsp3) is 0.455. The Balaban J connectivity index is 0.00000144. The van der Waals surface area contributed by atoms with Crippen molar-refractivity contribution < 1.29 is 5.11 Å². The predicted octanol–water partition coefficient (Wildman–Crippen LogP) is 2.83. The summed E-state index contributed by atoms with van der Waals surface area (Å²) < 4.78 is 0. The molecular formula is C11H16KO. The number of phenolic OH excluding ortho intramolecular Hbond substituents is 1. The third kappa shape index (κ3) is 3.72. The SMILES string of the molecule is CCC(C)c1ccc(C)cc1O.[K].